The Labute approximate surface area is 129 Å². The number of carbonyl (C=O) groups is 1. The van der Waals surface area contributed by atoms with Gasteiger partial charge in [-0.3, -0.25) is 0 Å². The predicted octanol–water partition coefficient (Wildman–Crippen LogP) is 4.69. The first-order chi connectivity index (χ1) is 10.2. The Morgan fingerprint density at radius 3 is 2.38 bits per heavy atom. The molecule has 0 bridgehead atoms. The largest absolute Gasteiger partial charge is 0.462 e. The molecular formula is C18H18O2S. The van der Waals surface area contributed by atoms with Crippen LogP contribution in [0.5, 0.6) is 0 Å². The van der Waals surface area contributed by atoms with Crippen LogP contribution in [0, 0.1) is 6.92 Å². The van der Waals surface area contributed by atoms with Gasteiger partial charge in [0.25, 0.3) is 0 Å². The molecule has 2 nitrogen and oxygen atoms in total. The number of ether oxygens (including phenoxy) is 1. The summed E-state index contributed by atoms with van der Waals surface area (Å²) in [5.41, 5.74) is 2.19. The maximum atomic E-state index is 12.1. The van der Waals surface area contributed by atoms with E-state index in [2.05, 4.69) is 0 Å². The van der Waals surface area contributed by atoms with Gasteiger partial charge in [-0.1, -0.05) is 59.8 Å². The monoisotopic (exact) mass is 298 g/mol. The van der Waals surface area contributed by atoms with E-state index in [1.165, 1.54) is 17.3 Å². The highest BCUT2D eigenvalue weighted by molar-refractivity contribution is 8.04. The van der Waals surface area contributed by atoms with Gasteiger partial charge in [0, 0.05) is 4.90 Å². The lowest BCUT2D eigenvalue weighted by molar-refractivity contribution is -0.137. The number of thioether (sulfide) groups is 1. The van der Waals surface area contributed by atoms with E-state index >= 15 is 0 Å². The van der Waals surface area contributed by atoms with Crippen molar-refractivity contribution >= 4 is 23.8 Å². The third-order valence-electron chi connectivity index (χ3n) is 2.82. The zero-order valence-electron chi connectivity index (χ0n) is 12.2. The lowest BCUT2D eigenvalue weighted by Gasteiger charge is -2.07. The van der Waals surface area contributed by atoms with E-state index in [-0.39, 0.29) is 5.97 Å². The van der Waals surface area contributed by atoms with Crippen LogP contribution >= 0.6 is 11.8 Å². The second-order valence-corrected chi connectivity index (χ2v) is 5.67. The van der Waals surface area contributed by atoms with Crippen molar-refractivity contribution in [3.8, 4) is 0 Å². The van der Waals surface area contributed by atoms with E-state index in [4.69, 9.17) is 4.74 Å². The second kappa shape index (κ2) is 7.70. The minimum absolute atomic E-state index is 0.285. The fraction of sp³-hybridized carbons (Fsp3) is 0.167. The van der Waals surface area contributed by atoms with Gasteiger partial charge in [-0.25, -0.2) is 4.79 Å². The summed E-state index contributed by atoms with van der Waals surface area (Å²) in [7, 11) is 0. The molecule has 0 aromatic heterocycles. The summed E-state index contributed by atoms with van der Waals surface area (Å²) in [5.74, 6) is -0.285. The number of aryl methyl sites for hydroxylation is 1. The van der Waals surface area contributed by atoms with Gasteiger partial charge in [0.2, 0.25) is 0 Å². The molecule has 0 atom stereocenters. The van der Waals surface area contributed by atoms with Crippen LogP contribution < -0.4 is 0 Å². The first-order valence-electron chi connectivity index (χ1n) is 6.87. The molecule has 0 radical (unpaired) electrons. The quantitative estimate of drug-likeness (QED) is 0.455. The molecule has 0 aliphatic heterocycles. The van der Waals surface area contributed by atoms with Crippen LogP contribution in [-0.2, 0) is 9.53 Å². The molecule has 108 valence electrons. The molecule has 0 amide bonds. The lowest BCUT2D eigenvalue weighted by atomic mass is 10.1. The van der Waals surface area contributed by atoms with Crippen molar-refractivity contribution in [2.24, 2.45) is 0 Å². The Kier molecular flexibility index (Phi) is 5.64. The Morgan fingerprint density at radius 1 is 1.10 bits per heavy atom. The van der Waals surface area contributed by atoms with Crippen molar-refractivity contribution < 1.29 is 9.53 Å². The minimum atomic E-state index is -0.285. The van der Waals surface area contributed by atoms with Gasteiger partial charge in [-0.05, 0) is 37.6 Å². The predicted molar refractivity (Wildman–Crippen MR) is 88.1 cm³/mol. The highest BCUT2D eigenvalue weighted by Crippen LogP contribution is 2.29. The lowest BCUT2D eigenvalue weighted by Crippen LogP contribution is -2.05. The molecule has 2 aromatic rings. The zero-order chi connectivity index (χ0) is 15.1. The standard InChI is InChI=1S/C18H18O2S/c1-3-20-18(19)17(21-16-7-5-4-6-8-16)13-15-11-9-14(2)10-12-15/h4-13H,3H2,1-2H3/b17-13-. The molecule has 3 heteroatoms. The van der Waals surface area contributed by atoms with Crippen LogP contribution in [0.2, 0.25) is 0 Å². The Hall–Kier alpha value is -2.00. The summed E-state index contributed by atoms with van der Waals surface area (Å²) in [4.78, 5) is 13.7. The molecule has 0 saturated carbocycles. The Morgan fingerprint density at radius 2 is 1.76 bits per heavy atom. The van der Waals surface area contributed by atoms with Crippen molar-refractivity contribution in [1.82, 2.24) is 0 Å². The van der Waals surface area contributed by atoms with Gasteiger partial charge in [-0.15, -0.1) is 0 Å². The van der Waals surface area contributed by atoms with Crippen LogP contribution in [0.25, 0.3) is 6.08 Å². The average molecular weight is 298 g/mol. The molecule has 0 aliphatic rings. The molecule has 0 unspecified atom stereocenters. The van der Waals surface area contributed by atoms with E-state index in [1.54, 1.807) is 0 Å². The molecule has 2 aromatic carbocycles. The number of benzene rings is 2. The summed E-state index contributed by atoms with van der Waals surface area (Å²) >= 11 is 1.42. The van der Waals surface area contributed by atoms with Crippen molar-refractivity contribution in [3.63, 3.8) is 0 Å². The first kappa shape index (κ1) is 15.4. The van der Waals surface area contributed by atoms with Crippen molar-refractivity contribution in [2.75, 3.05) is 6.61 Å². The fourth-order valence-electron chi connectivity index (χ4n) is 1.76. The average Bonchev–Trinajstić information content (AvgIpc) is 2.50. The van der Waals surface area contributed by atoms with E-state index < -0.39 is 0 Å². The molecule has 21 heavy (non-hydrogen) atoms. The van der Waals surface area contributed by atoms with Crippen LogP contribution in [0.1, 0.15) is 18.1 Å². The maximum absolute atomic E-state index is 12.1. The molecule has 0 saturated heterocycles. The van der Waals surface area contributed by atoms with Crippen LogP contribution in [-0.4, -0.2) is 12.6 Å². The summed E-state index contributed by atoms with van der Waals surface area (Å²) in [6.07, 6.45) is 1.87. The number of rotatable bonds is 5. The van der Waals surface area contributed by atoms with Gasteiger partial charge in [0.1, 0.15) is 0 Å². The third kappa shape index (κ3) is 4.80. The zero-order valence-corrected chi connectivity index (χ0v) is 13.0. The molecule has 0 heterocycles. The third-order valence-corrected chi connectivity index (χ3v) is 3.84. The van der Waals surface area contributed by atoms with Crippen LogP contribution in [0.15, 0.2) is 64.4 Å². The maximum Gasteiger partial charge on any atom is 0.344 e. The second-order valence-electron chi connectivity index (χ2n) is 4.55. The molecular weight excluding hydrogens is 280 g/mol. The normalized spacial score (nSPS) is 11.2. The molecule has 0 aliphatic carbocycles. The van der Waals surface area contributed by atoms with Gasteiger partial charge >= 0.3 is 5.97 Å². The Bertz CT molecular complexity index is 615. The molecule has 0 N–H and O–H groups in total. The highest BCUT2D eigenvalue weighted by atomic mass is 32.2. The van der Waals surface area contributed by atoms with Gasteiger partial charge in [-0.2, -0.15) is 0 Å². The Balaban J connectivity index is 2.27. The number of carbonyl (C=O) groups excluding carboxylic acids is 1. The number of hydrogen-bond acceptors (Lipinski definition) is 3. The van der Waals surface area contributed by atoms with E-state index in [0.29, 0.717) is 11.5 Å². The summed E-state index contributed by atoms with van der Waals surface area (Å²) in [5, 5.41) is 0. The van der Waals surface area contributed by atoms with E-state index in [0.717, 1.165) is 10.5 Å². The van der Waals surface area contributed by atoms with Gasteiger partial charge in [0.05, 0.1) is 11.5 Å². The fourth-order valence-corrected chi connectivity index (χ4v) is 2.65. The highest BCUT2D eigenvalue weighted by Gasteiger charge is 2.12. The smallest absolute Gasteiger partial charge is 0.344 e. The minimum Gasteiger partial charge on any atom is -0.462 e. The van der Waals surface area contributed by atoms with Crippen molar-refractivity contribution in [1.29, 1.82) is 0 Å². The van der Waals surface area contributed by atoms with E-state index in [1.807, 2.05) is 74.5 Å². The van der Waals surface area contributed by atoms with Gasteiger partial charge in [0.15, 0.2) is 0 Å². The number of hydrogen-bond donors (Lipinski definition) is 0. The topological polar surface area (TPSA) is 26.3 Å². The van der Waals surface area contributed by atoms with E-state index in [9.17, 15) is 4.79 Å². The van der Waals surface area contributed by atoms with Gasteiger partial charge < -0.3 is 4.74 Å². The molecule has 0 fully saturated rings. The first-order valence-corrected chi connectivity index (χ1v) is 7.69. The summed E-state index contributed by atoms with van der Waals surface area (Å²) < 4.78 is 5.14. The molecule has 2 rings (SSSR count). The summed E-state index contributed by atoms with van der Waals surface area (Å²) in [6, 6.07) is 17.9. The van der Waals surface area contributed by atoms with Crippen molar-refractivity contribution in [2.45, 2.75) is 18.7 Å². The summed E-state index contributed by atoms with van der Waals surface area (Å²) in [6.45, 7) is 4.23. The SMILES string of the molecule is CCOC(=O)/C(=C/c1ccc(C)cc1)Sc1ccccc1. The van der Waals surface area contributed by atoms with Crippen LogP contribution in [0.3, 0.4) is 0 Å². The van der Waals surface area contributed by atoms with Crippen molar-refractivity contribution in [3.05, 3.63) is 70.6 Å². The van der Waals surface area contributed by atoms with Crippen LogP contribution in [0.4, 0.5) is 0 Å². The molecule has 0 spiro atoms. The number of esters is 1.